The van der Waals surface area contributed by atoms with Crippen molar-refractivity contribution in [3.63, 3.8) is 0 Å². The van der Waals surface area contributed by atoms with Gasteiger partial charge in [-0.05, 0) is 36.4 Å². The minimum absolute atomic E-state index is 0.0622. The molecule has 0 radical (unpaired) electrons. The number of thiophene rings is 1. The van der Waals surface area contributed by atoms with E-state index in [-0.39, 0.29) is 11.7 Å². The second-order valence-electron chi connectivity index (χ2n) is 5.35. The highest BCUT2D eigenvalue weighted by Gasteiger charge is 2.15. The third-order valence-electron chi connectivity index (χ3n) is 3.55. The van der Waals surface area contributed by atoms with Gasteiger partial charge in [0, 0.05) is 11.4 Å². The van der Waals surface area contributed by atoms with E-state index in [4.69, 9.17) is 0 Å². The molecule has 0 aliphatic carbocycles. The molecule has 0 fully saturated rings. The van der Waals surface area contributed by atoms with Crippen molar-refractivity contribution in [3.05, 3.63) is 63.0 Å². The number of nitrogens with one attached hydrogen (secondary N) is 1. The number of aryl methyl sites for hydroxylation is 1. The Morgan fingerprint density at radius 2 is 2.08 bits per heavy atom. The standard InChI is InChI=1S/C18H17FN2OS2/c1-12-21-18(15-7-4-10-23-15)16(24-12)11-17(22)20-9-8-13-5-2-3-6-14(13)19/h2-7,10H,8-9,11H2,1H3,(H,20,22). The number of aromatic nitrogens is 1. The number of carbonyl (C=O) groups excluding carboxylic acids is 1. The molecule has 0 atom stereocenters. The highest BCUT2D eigenvalue weighted by Crippen LogP contribution is 2.31. The van der Waals surface area contributed by atoms with Crippen molar-refractivity contribution in [2.24, 2.45) is 0 Å². The quantitative estimate of drug-likeness (QED) is 0.715. The number of thiazole rings is 1. The van der Waals surface area contributed by atoms with E-state index in [1.54, 1.807) is 40.9 Å². The lowest BCUT2D eigenvalue weighted by molar-refractivity contribution is -0.120. The van der Waals surface area contributed by atoms with Gasteiger partial charge in [0.15, 0.2) is 0 Å². The molecule has 24 heavy (non-hydrogen) atoms. The second-order valence-corrected chi connectivity index (χ2v) is 7.59. The Labute approximate surface area is 148 Å². The number of rotatable bonds is 6. The van der Waals surface area contributed by atoms with Crippen LogP contribution in [0.1, 0.15) is 15.4 Å². The van der Waals surface area contributed by atoms with E-state index in [2.05, 4.69) is 10.3 Å². The van der Waals surface area contributed by atoms with Gasteiger partial charge in [-0.2, -0.15) is 0 Å². The van der Waals surface area contributed by atoms with Gasteiger partial charge in [-0.15, -0.1) is 22.7 Å². The van der Waals surface area contributed by atoms with Crippen LogP contribution in [0.2, 0.25) is 0 Å². The van der Waals surface area contributed by atoms with Crippen LogP contribution >= 0.6 is 22.7 Å². The number of hydrogen-bond donors (Lipinski definition) is 1. The molecular weight excluding hydrogens is 343 g/mol. The molecule has 3 aromatic rings. The third-order valence-corrected chi connectivity index (χ3v) is 5.40. The summed E-state index contributed by atoms with van der Waals surface area (Å²) in [6.07, 6.45) is 0.786. The summed E-state index contributed by atoms with van der Waals surface area (Å²) in [6, 6.07) is 10.6. The fourth-order valence-corrected chi connectivity index (χ4v) is 4.20. The summed E-state index contributed by atoms with van der Waals surface area (Å²) in [6.45, 7) is 2.37. The van der Waals surface area contributed by atoms with E-state index in [0.717, 1.165) is 20.5 Å². The highest BCUT2D eigenvalue weighted by molar-refractivity contribution is 7.15. The number of amides is 1. The average molecular weight is 360 g/mol. The highest BCUT2D eigenvalue weighted by atomic mass is 32.1. The van der Waals surface area contributed by atoms with Crippen LogP contribution in [-0.2, 0) is 17.6 Å². The van der Waals surface area contributed by atoms with Gasteiger partial charge < -0.3 is 5.32 Å². The van der Waals surface area contributed by atoms with E-state index < -0.39 is 0 Å². The van der Waals surface area contributed by atoms with Crippen LogP contribution in [0.3, 0.4) is 0 Å². The first-order valence-electron chi connectivity index (χ1n) is 7.64. The SMILES string of the molecule is Cc1nc(-c2cccs2)c(CC(=O)NCCc2ccccc2F)s1. The maximum absolute atomic E-state index is 13.6. The Hall–Kier alpha value is -2.05. The summed E-state index contributed by atoms with van der Waals surface area (Å²) in [5, 5.41) is 5.82. The minimum Gasteiger partial charge on any atom is -0.355 e. The van der Waals surface area contributed by atoms with Gasteiger partial charge in [0.05, 0.1) is 22.0 Å². The Morgan fingerprint density at radius 1 is 1.25 bits per heavy atom. The Bertz CT molecular complexity index is 827. The van der Waals surface area contributed by atoms with Gasteiger partial charge in [-0.3, -0.25) is 4.79 Å². The molecule has 0 spiro atoms. The largest absolute Gasteiger partial charge is 0.355 e. The molecule has 1 aromatic carbocycles. The fourth-order valence-electron chi connectivity index (χ4n) is 2.44. The van der Waals surface area contributed by atoms with Crippen molar-refractivity contribution < 1.29 is 9.18 Å². The van der Waals surface area contributed by atoms with Crippen LogP contribution < -0.4 is 5.32 Å². The molecule has 124 valence electrons. The van der Waals surface area contributed by atoms with E-state index in [0.29, 0.717) is 24.9 Å². The van der Waals surface area contributed by atoms with Crippen molar-refractivity contribution in [1.82, 2.24) is 10.3 Å². The van der Waals surface area contributed by atoms with Crippen LogP contribution in [-0.4, -0.2) is 17.4 Å². The summed E-state index contributed by atoms with van der Waals surface area (Å²) in [5.74, 6) is -0.294. The first-order chi connectivity index (χ1) is 11.6. The van der Waals surface area contributed by atoms with Gasteiger partial charge in [0.1, 0.15) is 5.82 Å². The normalized spacial score (nSPS) is 10.8. The molecule has 3 nitrogen and oxygen atoms in total. The van der Waals surface area contributed by atoms with Crippen molar-refractivity contribution in [1.29, 1.82) is 0 Å². The molecular formula is C18H17FN2OS2. The van der Waals surface area contributed by atoms with E-state index in [9.17, 15) is 9.18 Å². The molecule has 0 saturated carbocycles. The first-order valence-corrected chi connectivity index (χ1v) is 9.33. The van der Waals surface area contributed by atoms with E-state index in [1.165, 1.54) is 6.07 Å². The van der Waals surface area contributed by atoms with Gasteiger partial charge in [0.2, 0.25) is 5.91 Å². The summed E-state index contributed by atoms with van der Waals surface area (Å²) >= 11 is 3.17. The summed E-state index contributed by atoms with van der Waals surface area (Å²) in [4.78, 5) is 18.8. The Balaban J connectivity index is 1.59. The van der Waals surface area contributed by atoms with Gasteiger partial charge in [-0.25, -0.2) is 9.37 Å². The lowest BCUT2D eigenvalue weighted by atomic mass is 10.1. The predicted octanol–water partition coefficient (Wildman–Crippen LogP) is 4.22. The molecule has 0 bridgehead atoms. The number of halogens is 1. The average Bonchev–Trinajstić information content (AvgIpc) is 3.19. The Kier molecular flexibility index (Phi) is 5.37. The van der Waals surface area contributed by atoms with Gasteiger partial charge in [-0.1, -0.05) is 24.3 Å². The zero-order valence-corrected chi connectivity index (χ0v) is 14.8. The lowest BCUT2D eigenvalue weighted by Crippen LogP contribution is -2.27. The molecule has 0 aliphatic heterocycles. The van der Waals surface area contributed by atoms with E-state index >= 15 is 0 Å². The van der Waals surface area contributed by atoms with Crippen molar-refractivity contribution >= 4 is 28.6 Å². The van der Waals surface area contributed by atoms with Crippen molar-refractivity contribution in [3.8, 4) is 10.6 Å². The smallest absolute Gasteiger partial charge is 0.225 e. The predicted molar refractivity (Wildman–Crippen MR) is 97.0 cm³/mol. The third kappa shape index (κ3) is 4.07. The van der Waals surface area contributed by atoms with Crippen LogP contribution in [0.5, 0.6) is 0 Å². The molecule has 6 heteroatoms. The molecule has 0 unspecified atom stereocenters. The van der Waals surface area contributed by atoms with Crippen LogP contribution in [0.15, 0.2) is 41.8 Å². The van der Waals surface area contributed by atoms with Crippen molar-refractivity contribution in [2.75, 3.05) is 6.54 Å². The second kappa shape index (κ2) is 7.68. The first kappa shape index (κ1) is 16.8. The van der Waals surface area contributed by atoms with Crippen LogP contribution in [0.4, 0.5) is 4.39 Å². The number of hydrogen-bond acceptors (Lipinski definition) is 4. The summed E-state index contributed by atoms with van der Waals surface area (Å²) < 4.78 is 13.6. The molecule has 0 saturated heterocycles. The molecule has 0 aliphatic rings. The van der Waals surface area contributed by atoms with Gasteiger partial charge >= 0.3 is 0 Å². The lowest BCUT2D eigenvalue weighted by Gasteiger charge is -2.06. The van der Waals surface area contributed by atoms with Gasteiger partial charge in [0.25, 0.3) is 0 Å². The minimum atomic E-state index is -0.232. The van der Waals surface area contributed by atoms with Crippen molar-refractivity contribution in [2.45, 2.75) is 19.8 Å². The maximum atomic E-state index is 13.6. The zero-order valence-electron chi connectivity index (χ0n) is 13.2. The Morgan fingerprint density at radius 3 is 2.83 bits per heavy atom. The fraction of sp³-hybridized carbons (Fsp3) is 0.222. The number of nitrogens with zero attached hydrogens (tertiary/aromatic N) is 1. The topological polar surface area (TPSA) is 42.0 Å². The number of benzene rings is 1. The molecule has 1 N–H and O–H groups in total. The molecule has 2 aromatic heterocycles. The van der Waals surface area contributed by atoms with Crippen LogP contribution in [0.25, 0.3) is 10.6 Å². The maximum Gasteiger partial charge on any atom is 0.225 e. The number of carbonyl (C=O) groups is 1. The summed E-state index contributed by atoms with van der Waals surface area (Å²) in [7, 11) is 0. The van der Waals surface area contributed by atoms with Crippen LogP contribution in [0, 0.1) is 12.7 Å². The molecule has 1 amide bonds. The zero-order chi connectivity index (χ0) is 16.9. The van der Waals surface area contributed by atoms with E-state index in [1.807, 2.05) is 24.4 Å². The molecule has 3 rings (SSSR count). The summed E-state index contributed by atoms with van der Waals surface area (Å²) in [5.41, 5.74) is 1.52. The monoisotopic (exact) mass is 360 g/mol. The molecule has 2 heterocycles.